The summed E-state index contributed by atoms with van der Waals surface area (Å²) in [6.45, 7) is 2.13. The van der Waals surface area contributed by atoms with Crippen LogP contribution in [0.3, 0.4) is 0 Å². The van der Waals surface area contributed by atoms with Crippen molar-refractivity contribution in [3.05, 3.63) is 24.3 Å². The number of hydrogen-bond donors (Lipinski definition) is 1. The van der Waals surface area contributed by atoms with Crippen molar-refractivity contribution < 1.29 is 14.3 Å². The van der Waals surface area contributed by atoms with Crippen LogP contribution in [0.2, 0.25) is 0 Å². The number of esters is 1. The zero-order valence-electron chi connectivity index (χ0n) is 11.4. The molecule has 2 rings (SSSR count). The second kappa shape index (κ2) is 5.74. The molecule has 19 heavy (non-hydrogen) atoms. The van der Waals surface area contributed by atoms with Crippen LogP contribution in [-0.2, 0) is 9.53 Å². The van der Waals surface area contributed by atoms with E-state index in [-0.39, 0.29) is 5.97 Å². The Hall–Kier alpha value is -1.36. The lowest BCUT2D eigenvalue weighted by Gasteiger charge is -2.28. The highest BCUT2D eigenvalue weighted by atomic mass is 32.2. The molecule has 1 saturated heterocycles. The molecule has 2 atom stereocenters. The van der Waals surface area contributed by atoms with Crippen molar-refractivity contribution in [3.8, 4) is 5.75 Å². The average molecular weight is 281 g/mol. The van der Waals surface area contributed by atoms with E-state index in [1.54, 1.807) is 18.9 Å². The van der Waals surface area contributed by atoms with Gasteiger partial charge in [0.25, 0.3) is 0 Å². The van der Waals surface area contributed by atoms with Crippen LogP contribution in [0.1, 0.15) is 13.3 Å². The van der Waals surface area contributed by atoms with E-state index < -0.39 is 5.54 Å². The molecule has 2 unspecified atom stereocenters. The first kappa shape index (κ1) is 14.1. The molecule has 1 aromatic rings. The molecule has 104 valence electrons. The molecule has 1 fully saturated rings. The van der Waals surface area contributed by atoms with Gasteiger partial charge >= 0.3 is 5.97 Å². The molecule has 0 aliphatic carbocycles. The lowest BCUT2D eigenvalue weighted by atomic mass is 9.95. The molecule has 0 aromatic heterocycles. The Labute approximate surface area is 117 Å². The van der Waals surface area contributed by atoms with Crippen LogP contribution in [0.5, 0.6) is 5.75 Å². The molecule has 1 aliphatic rings. The van der Waals surface area contributed by atoms with E-state index in [4.69, 9.17) is 9.47 Å². The second-order valence-electron chi connectivity index (χ2n) is 4.75. The standard InChI is InChI=1S/C14H19NO3S/c1-10-8-14(9-19-10,13(16)18-3)15-11-4-6-12(17-2)7-5-11/h4-7,10,15H,8-9H2,1-3H3. The molecule has 0 bridgehead atoms. The van der Waals surface area contributed by atoms with Gasteiger partial charge < -0.3 is 14.8 Å². The maximum Gasteiger partial charge on any atom is 0.332 e. The first-order valence-corrected chi connectivity index (χ1v) is 7.27. The number of thioether (sulfide) groups is 1. The number of carbonyl (C=O) groups is 1. The molecule has 0 amide bonds. The maximum absolute atomic E-state index is 12.1. The van der Waals surface area contributed by atoms with Gasteiger partial charge in [-0.2, -0.15) is 11.8 Å². The molecular formula is C14H19NO3S. The Kier molecular flexibility index (Phi) is 4.24. The van der Waals surface area contributed by atoms with E-state index in [0.29, 0.717) is 5.25 Å². The van der Waals surface area contributed by atoms with Crippen molar-refractivity contribution in [1.29, 1.82) is 0 Å². The van der Waals surface area contributed by atoms with Crippen LogP contribution in [-0.4, -0.2) is 36.7 Å². The van der Waals surface area contributed by atoms with E-state index in [1.807, 2.05) is 24.3 Å². The minimum Gasteiger partial charge on any atom is -0.497 e. The normalized spacial score (nSPS) is 25.9. The van der Waals surface area contributed by atoms with Gasteiger partial charge in [-0.3, -0.25) is 0 Å². The lowest BCUT2D eigenvalue weighted by molar-refractivity contribution is -0.145. The maximum atomic E-state index is 12.1. The number of ether oxygens (including phenoxy) is 2. The summed E-state index contributed by atoms with van der Waals surface area (Å²) >= 11 is 1.79. The van der Waals surface area contributed by atoms with Gasteiger partial charge in [-0.15, -0.1) is 0 Å². The minimum absolute atomic E-state index is 0.194. The first-order valence-electron chi connectivity index (χ1n) is 6.22. The van der Waals surface area contributed by atoms with Gasteiger partial charge in [0.15, 0.2) is 0 Å². The Morgan fingerprint density at radius 1 is 1.37 bits per heavy atom. The quantitative estimate of drug-likeness (QED) is 0.859. The zero-order chi connectivity index (χ0) is 13.9. The monoisotopic (exact) mass is 281 g/mol. The minimum atomic E-state index is -0.618. The summed E-state index contributed by atoms with van der Waals surface area (Å²) in [6.07, 6.45) is 0.774. The summed E-state index contributed by atoms with van der Waals surface area (Å²) in [5, 5.41) is 3.78. The number of nitrogens with one attached hydrogen (secondary N) is 1. The van der Waals surface area contributed by atoms with Gasteiger partial charge in [0.05, 0.1) is 14.2 Å². The highest BCUT2D eigenvalue weighted by Crippen LogP contribution is 2.37. The average Bonchev–Trinajstić information content (AvgIpc) is 2.81. The fraction of sp³-hybridized carbons (Fsp3) is 0.500. The fourth-order valence-electron chi connectivity index (χ4n) is 2.32. The summed E-state index contributed by atoms with van der Waals surface area (Å²) in [5.74, 6) is 1.33. The third kappa shape index (κ3) is 2.97. The molecule has 0 saturated carbocycles. The lowest BCUT2D eigenvalue weighted by Crippen LogP contribution is -2.47. The van der Waals surface area contributed by atoms with E-state index in [2.05, 4.69) is 12.2 Å². The third-order valence-electron chi connectivity index (χ3n) is 3.30. The molecule has 1 heterocycles. The number of carbonyl (C=O) groups excluding carboxylic acids is 1. The van der Waals surface area contributed by atoms with E-state index in [9.17, 15) is 4.79 Å². The smallest absolute Gasteiger partial charge is 0.332 e. The van der Waals surface area contributed by atoms with Crippen molar-refractivity contribution in [2.45, 2.75) is 24.1 Å². The van der Waals surface area contributed by atoms with Crippen LogP contribution in [0, 0.1) is 0 Å². The van der Waals surface area contributed by atoms with Crippen LogP contribution in [0.15, 0.2) is 24.3 Å². The number of rotatable bonds is 4. The van der Waals surface area contributed by atoms with Crippen molar-refractivity contribution in [2.75, 3.05) is 25.3 Å². The molecule has 0 spiro atoms. The molecule has 1 N–H and O–H groups in total. The first-order chi connectivity index (χ1) is 9.09. The Bertz CT molecular complexity index is 449. The van der Waals surface area contributed by atoms with Crippen molar-refractivity contribution in [2.24, 2.45) is 0 Å². The van der Waals surface area contributed by atoms with Gasteiger partial charge in [-0.05, 0) is 30.7 Å². The fourth-order valence-corrected chi connectivity index (χ4v) is 3.60. The molecule has 5 heteroatoms. The van der Waals surface area contributed by atoms with Gasteiger partial charge in [-0.25, -0.2) is 4.79 Å². The van der Waals surface area contributed by atoms with E-state index >= 15 is 0 Å². The van der Waals surface area contributed by atoms with Crippen LogP contribution < -0.4 is 10.1 Å². The molecule has 0 radical (unpaired) electrons. The van der Waals surface area contributed by atoms with Crippen LogP contribution in [0.25, 0.3) is 0 Å². The summed E-state index contributed by atoms with van der Waals surface area (Å²) in [4.78, 5) is 12.1. The van der Waals surface area contributed by atoms with Gasteiger partial charge in [-0.1, -0.05) is 6.92 Å². The van der Waals surface area contributed by atoms with E-state index in [0.717, 1.165) is 23.6 Å². The molecule has 4 nitrogen and oxygen atoms in total. The number of anilines is 1. The van der Waals surface area contributed by atoms with Crippen LogP contribution >= 0.6 is 11.8 Å². The number of methoxy groups -OCH3 is 2. The summed E-state index contributed by atoms with van der Waals surface area (Å²) in [5.41, 5.74) is 0.286. The van der Waals surface area contributed by atoms with Crippen molar-refractivity contribution in [1.82, 2.24) is 0 Å². The molecule has 1 aliphatic heterocycles. The SMILES string of the molecule is COC(=O)C1(Nc2ccc(OC)cc2)CSC(C)C1. The molecule has 1 aromatic carbocycles. The number of benzene rings is 1. The zero-order valence-corrected chi connectivity index (χ0v) is 12.3. The van der Waals surface area contributed by atoms with Gasteiger partial charge in [0, 0.05) is 16.7 Å². The van der Waals surface area contributed by atoms with Crippen LogP contribution in [0.4, 0.5) is 5.69 Å². The summed E-state index contributed by atoms with van der Waals surface area (Å²) < 4.78 is 10.1. The van der Waals surface area contributed by atoms with Crippen molar-refractivity contribution in [3.63, 3.8) is 0 Å². The highest BCUT2D eigenvalue weighted by Gasteiger charge is 2.45. The topological polar surface area (TPSA) is 47.6 Å². The summed E-state index contributed by atoms with van der Waals surface area (Å²) in [7, 11) is 3.07. The second-order valence-corrected chi connectivity index (χ2v) is 6.18. The Morgan fingerprint density at radius 3 is 2.53 bits per heavy atom. The predicted octanol–water partition coefficient (Wildman–Crippen LogP) is 2.54. The molecular weight excluding hydrogens is 262 g/mol. The third-order valence-corrected chi connectivity index (χ3v) is 4.70. The number of hydrogen-bond acceptors (Lipinski definition) is 5. The highest BCUT2D eigenvalue weighted by molar-refractivity contribution is 8.00. The predicted molar refractivity (Wildman–Crippen MR) is 77.9 cm³/mol. The van der Waals surface area contributed by atoms with E-state index in [1.165, 1.54) is 7.11 Å². The Balaban J connectivity index is 2.18. The van der Waals surface area contributed by atoms with Gasteiger partial charge in [0.1, 0.15) is 11.3 Å². The summed E-state index contributed by atoms with van der Waals surface area (Å²) in [6, 6.07) is 7.58. The Morgan fingerprint density at radius 2 is 2.05 bits per heavy atom. The van der Waals surface area contributed by atoms with Crippen molar-refractivity contribution >= 4 is 23.4 Å². The largest absolute Gasteiger partial charge is 0.497 e. The van der Waals surface area contributed by atoms with Gasteiger partial charge in [0.2, 0.25) is 0 Å².